The molecular weight excluding hydrogens is 304 g/mol. The fraction of sp³-hybridized carbons (Fsp3) is 0.357. The number of imidazole rings is 1. The molecule has 0 aliphatic rings. The molecule has 2 rings (SSSR count). The van der Waals surface area contributed by atoms with Crippen LogP contribution in [-0.4, -0.2) is 28.0 Å². The van der Waals surface area contributed by atoms with Crippen molar-refractivity contribution in [2.75, 3.05) is 13.6 Å². The average Bonchev–Trinajstić information content (AvgIpc) is 2.76. The number of rotatable bonds is 5. The highest BCUT2D eigenvalue weighted by Gasteiger charge is 2.17. The Kier molecular flexibility index (Phi) is 4.74. The van der Waals surface area contributed by atoms with Crippen LogP contribution in [0.1, 0.15) is 17.4 Å². The van der Waals surface area contributed by atoms with E-state index in [0.717, 1.165) is 16.8 Å². The van der Waals surface area contributed by atoms with Gasteiger partial charge in [0.25, 0.3) is 0 Å². The molecule has 5 heteroatoms. The van der Waals surface area contributed by atoms with Gasteiger partial charge in [-0.3, -0.25) is 4.90 Å². The summed E-state index contributed by atoms with van der Waals surface area (Å²) >= 11 is 3.51. The van der Waals surface area contributed by atoms with E-state index in [1.54, 1.807) is 0 Å². The lowest BCUT2D eigenvalue weighted by Crippen LogP contribution is -2.31. The van der Waals surface area contributed by atoms with Crippen molar-refractivity contribution < 1.29 is 0 Å². The van der Waals surface area contributed by atoms with Crippen LogP contribution in [0.3, 0.4) is 0 Å². The second-order valence-electron chi connectivity index (χ2n) is 4.68. The molecule has 1 unspecified atom stereocenters. The molecule has 1 aromatic carbocycles. The lowest BCUT2D eigenvalue weighted by molar-refractivity contribution is 0.234. The highest BCUT2D eigenvalue weighted by atomic mass is 79.9. The Morgan fingerprint density at radius 1 is 1.47 bits per heavy atom. The Bertz CT molecular complexity index is 538. The summed E-state index contributed by atoms with van der Waals surface area (Å²) in [6, 6.07) is 8.48. The monoisotopic (exact) mass is 322 g/mol. The highest BCUT2D eigenvalue weighted by molar-refractivity contribution is 9.10. The van der Waals surface area contributed by atoms with Crippen molar-refractivity contribution in [3.63, 3.8) is 0 Å². The van der Waals surface area contributed by atoms with E-state index in [4.69, 9.17) is 5.73 Å². The molecule has 1 aromatic heterocycles. The van der Waals surface area contributed by atoms with Gasteiger partial charge in [0.2, 0.25) is 0 Å². The molecule has 0 aliphatic heterocycles. The van der Waals surface area contributed by atoms with E-state index in [-0.39, 0.29) is 6.04 Å². The van der Waals surface area contributed by atoms with Crippen molar-refractivity contribution >= 4 is 15.9 Å². The van der Waals surface area contributed by atoms with Crippen LogP contribution in [0.4, 0.5) is 0 Å². The predicted molar refractivity (Wildman–Crippen MR) is 80.6 cm³/mol. The summed E-state index contributed by atoms with van der Waals surface area (Å²) in [4.78, 5) is 6.58. The van der Waals surface area contributed by atoms with Crippen LogP contribution in [0.15, 0.2) is 41.1 Å². The van der Waals surface area contributed by atoms with Gasteiger partial charge in [0.15, 0.2) is 0 Å². The first-order chi connectivity index (χ1) is 9.11. The van der Waals surface area contributed by atoms with Crippen molar-refractivity contribution in [1.29, 1.82) is 0 Å². The second-order valence-corrected chi connectivity index (χ2v) is 5.59. The minimum atomic E-state index is 0.189. The van der Waals surface area contributed by atoms with E-state index in [2.05, 4.69) is 45.0 Å². The molecule has 19 heavy (non-hydrogen) atoms. The van der Waals surface area contributed by atoms with Crippen molar-refractivity contribution in [1.82, 2.24) is 14.5 Å². The summed E-state index contributed by atoms with van der Waals surface area (Å²) in [5.41, 5.74) is 7.15. The van der Waals surface area contributed by atoms with E-state index in [9.17, 15) is 0 Å². The Hall–Kier alpha value is -1.17. The molecule has 2 aromatic rings. The molecule has 0 radical (unpaired) electrons. The maximum Gasteiger partial charge on any atom is 0.122 e. The molecule has 4 nitrogen and oxygen atoms in total. The standard InChI is InChI=1S/C14H19BrN4/c1-18-7-6-17-14(18)10-19(2)13(9-16)11-4-3-5-12(15)8-11/h3-8,13H,9-10,16H2,1-2H3. The third-order valence-electron chi connectivity index (χ3n) is 3.30. The fourth-order valence-corrected chi connectivity index (χ4v) is 2.58. The Labute approximate surface area is 122 Å². The zero-order valence-electron chi connectivity index (χ0n) is 11.3. The van der Waals surface area contributed by atoms with E-state index in [1.807, 2.05) is 36.1 Å². The Morgan fingerprint density at radius 3 is 2.84 bits per heavy atom. The van der Waals surface area contributed by atoms with Gasteiger partial charge in [-0.2, -0.15) is 0 Å². The zero-order chi connectivity index (χ0) is 13.8. The quantitative estimate of drug-likeness (QED) is 0.918. The lowest BCUT2D eigenvalue weighted by atomic mass is 10.1. The van der Waals surface area contributed by atoms with Crippen molar-refractivity contribution in [3.8, 4) is 0 Å². The number of hydrogen-bond donors (Lipinski definition) is 1. The maximum absolute atomic E-state index is 5.94. The zero-order valence-corrected chi connectivity index (χ0v) is 12.8. The minimum absolute atomic E-state index is 0.189. The summed E-state index contributed by atoms with van der Waals surface area (Å²) in [5.74, 6) is 1.04. The topological polar surface area (TPSA) is 47.1 Å². The normalized spacial score (nSPS) is 12.9. The first-order valence-electron chi connectivity index (χ1n) is 6.23. The lowest BCUT2D eigenvalue weighted by Gasteiger charge is -2.27. The third-order valence-corrected chi connectivity index (χ3v) is 3.79. The minimum Gasteiger partial charge on any atom is -0.337 e. The molecule has 0 spiro atoms. The Morgan fingerprint density at radius 2 is 2.26 bits per heavy atom. The summed E-state index contributed by atoms with van der Waals surface area (Å²) in [6.45, 7) is 1.36. The Balaban J connectivity index is 2.15. The summed E-state index contributed by atoms with van der Waals surface area (Å²) in [7, 11) is 4.08. The van der Waals surface area contributed by atoms with Crippen molar-refractivity contribution in [2.45, 2.75) is 12.6 Å². The second kappa shape index (κ2) is 6.32. The first-order valence-corrected chi connectivity index (χ1v) is 7.03. The van der Waals surface area contributed by atoms with Gasteiger partial charge in [0, 0.05) is 36.5 Å². The summed E-state index contributed by atoms with van der Waals surface area (Å²) in [5, 5.41) is 0. The number of halogens is 1. The predicted octanol–water partition coefficient (Wildman–Crippen LogP) is 2.31. The van der Waals surface area contributed by atoms with Crippen LogP contribution < -0.4 is 5.73 Å². The van der Waals surface area contributed by atoms with Crippen LogP contribution in [-0.2, 0) is 13.6 Å². The molecule has 0 fully saturated rings. The number of likely N-dealkylation sites (N-methyl/N-ethyl adjacent to an activating group) is 1. The number of nitrogens with zero attached hydrogens (tertiary/aromatic N) is 3. The number of aromatic nitrogens is 2. The van der Waals surface area contributed by atoms with Crippen molar-refractivity contribution in [2.24, 2.45) is 12.8 Å². The molecule has 0 amide bonds. The third kappa shape index (κ3) is 3.43. The van der Waals surface area contributed by atoms with Crippen LogP contribution in [0.25, 0.3) is 0 Å². The van der Waals surface area contributed by atoms with Crippen LogP contribution in [0.2, 0.25) is 0 Å². The van der Waals surface area contributed by atoms with Gasteiger partial charge >= 0.3 is 0 Å². The molecule has 2 N–H and O–H groups in total. The number of aryl methyl sites for hydroxylation is 1. The molecule has 102 valence electrons. The largest absolute Gasteiger partial charge is 0.337 e. The van der Waals surface area contributed by atoms with E-state index < -0.39 is 0 Å². The van der Waals surface area contributed by atoms with Gasteiger partial charge in [0.1, 0.15) is 5.82 Å². The number of nitrogens with two attached hydrogens (primary N) is 1. The fourth-order valence-electron chi connectivity index (χ4n) is 2.17. The van der Waals surface area contributed by atoms with Gasteiger partial charge in [-0.1, -0.05) is 28.1 Å². The molecule has 0 saturated heterocycles. The highest BCUT2D eigenvalue weighted by Crippen LogP contribution is 2.22. The molecule has 1 heterocycles. The average molecular weight is 323 g/mol. The van der Waals surface area contributed by atoms with Crippen LogP contribution >= 0.6 is 15.9 Å². The SMILES string of the molecule is CN(Cc1nccn1C)C(CN)c1cccc(Br)c1. The first kappa shape index (κ1) is 14.2. The van der Waals surface area contributed by atoms with Crippen molar-refractivity contribution in [3.05, 3.63) is 52.5 Å². The molecule has 0 saturated carbocycles. The smallest absolute Gasteiger partial charge is 0.122 e. The number of benzene rings is 1. The maximum atomic E-state index is 5.94. The van der Waals surface area contributed by atoms with E-state index in [0.29, 0.717) is 6.54 Å². The molecule has 1 atom stereocenters. The molecule has 0 aliphatic carbocycles. The molecule has 0 bridgehead atoms. The van der Waals surface area contributed by atoms with Crippen LogP contribution in [0, 0.1) is 0 Å². The van der Waals surface area contributed by atoms with Gasteiger partial charge in [0.05, 0.1) is 6.54 Å². The summed E-state index contributed by atoms with van der Waals surface area (Å²) in [6.07, 6.45) is 3.78. The van der Waals surface area contributed by atoms with E-state index >= 15 is 0 Å². The van der Waals surface area contributed by atoms with Gasteiger partial charge in [-0.05, 0) is 24.7 Å². The van der Waals surface area contributed by atoms with Gasteiger partial charge < -0.3 is 10.3 Å². The number of hydrogen-bond acceptors (Lipinski definition) is 3. The van der Waals surface area contributed by atoms with Gasteiger partial charge in [-0.15, -0.1) is 0 Å². The molecular formula is C14H19BrN4. The van der Waals surface area contributed by atoms with Crippen LogP contribution in [0.5, 0.6) is 0 Å². The van der Waals surface area contributed by atoms with Gasteiger partial charge in [-0.25, -0.2) is 4.98 Å². The van der Waals surface area contributed by atoms with E-state index in [1.165, 1.54) is 5.56 Å². The summed E-state index contributed by atoms with van der Waals surface area (Å²) < 4.78 is 3.11.